The van der Waals surface area contributed by atoms with E-state index in [0.717, 1.165) is 0 Å². The quantitative estimate of drug-likeness (QED) is 0.394. The summed E-state index contributed by atoms with van der Waals surface area (Å²) in [6.45, 7) is 0. The molecule has 2 atom stereocenters. The van der Waals surface area contributed by atoms with Crippen LogP contribution in [-0.4, -0.2) is 44.3 Å². The van der Waals surface area contributed by atoms with Crippen LogP contribution in [0.2, 0.25) is 0 Å². The highest BCUT2D eigenvalue weighted by molar-refractivity contribution is 5.85. The molecule has 0 heterocycles. The number of rotatable bonds is 3. The maximum atomic E-state index is 12.2. The van der Waals surface area contributed by atoms with Crippen LogP contribution >= 0.6 is 0 Å². The van der Waals surface area contributed by atoms with Crippen LogP contribution in [0.25, 0.3) is 0 Å². The van der Waals surface area contributed by atoms with Gasteiger partial charge in [-0.05, 0) is 0 Å². The Kier molecular flexibility index (Phi) is 2.50. The Morgan fingerprint density at radius 1 is 1.36 bits per heavy atom. The molecule has 0 spiro atoms. The van der Waals surface area contributed by atoms with Gasteiger partial charge in [-0.15, -0.1) is 0 Å². The number of carbonyl (C=O) groups is 2. The van der Waals surface area contributed by atoms with Crippen molar-refractivity contribution in [3.8, 4) is 0 Å². The van der Waals surface area contributed by atoms with Gasteiger partial charge in [0, 0.05) is 0 Å². The largest absolute Gasteiger partial charge is 0.479 e. The summed E-state index contributed by atoms with van der Waals surface area (Å²) in [4.78, 5) is 19.5. The molecule has 0 aliphatic carbocycles. The van der Waals surface area contributed by atoms with Crippen LogP contribution in [0.15, 0.2) is 0 Å². The minimum absolute atomic E-state index is 2.16. The normalized spacial score (nSPS) is 18.5. The number of halogens is 1. The summed E-state index contributed by atoms with van der Waals surface area (Å²) in [5.74, 6) is -8.75. The molecule has 0 aromatic rings. The highest BCUT2D eigenvalue weighted by Crippen LogP contribution is 2.12. The van der Waals surface area contributed by atoms with E-state index in [1.165, 1.54) is 0 Å². The Morgan fingerprint density at radius 3 is 1.82 bits per heavy atom. The molecule has 6 nitrogen and oxygen atoms in total. The van der Waals surface area contributed by atoms with Crippen molar-refractivity contribution in [2.24, 2.45) is 0 Å². The Labute approximate surface area is 59.5 Å². The molecule has 0 aliphatic heterocycles. The SMILES string of the molecule is O=C(O)C(O)C(O)(F)C(=O)O. The zero-order chi connectivity index (χ0) is 9.23. The molecule has 0 radical (unpaired) electrons. The van der Waals surface area contributed by atoms with Crippen molar-refractivity contribution in [3.05, 3.63) is 0 Å². The van der Waals surface area contributed by atoms with Crippen LogP contribution in [0.5, 0.6) is 0 Å². The smallest absolute Gasteiger partial charge is 0.372 e. The van der Waals surface area contributed by atoms with Crippen LogP contribution in [0.1, 0.15) is 0 Å². The van der Waals surface area contributed by atoms with Gasteiger partial charge in [0.05, 0.1) is 0 Å². The Balaban J connectivity index is 4.55. The van der Waals surface area contributed by atoms with Gasteiger partial charge in [-0.2, -0.15) is 4.39 Å². The van der Waals surface area contributed by atoms with E-state index in [9.17, 15) is 14.0 Å². The third-order valence-electron chi connectivity index (χ3n) is 0.896. The zero-order valence-corrected chi connectivity index (χ0v) is 5.06. The summed E-state index contributed by atoms with van der Waals surface area (Å²) in [6.07, 6.45) is -2.99. The van der Waals surface area contributed by atoms with Crippen molar-refractivity contribution in [1.29, 1.82) is 0 Å². The molecular formula is C4H5FO6. The van der Waals surface area contributed by atoms with Crippen molar-refractivity contribution in [1.82, 2.24) is 0 Å². The molecule has 64 valence electrons. The first-order chi connectivity index (χ1) is 4.80. The van der Waals surface area contributed by atoms with Gasteiger partial charge >= 0.3 is 17.8 Å². The van der Waals surface area contributed by atoms with E-state index in [1.807, 2.05) is 0 Å². The second-order valence-electron chi connectivity index (χ2n) is 1.72. The molecule has 0 amide bonds. The topological polar surface area (TPSA) is 115 Å². The lowest BCUT2D eigenvalue weighted by molar-refractivity contribution is -0.211. The molecule has 0 bridgehead atoms. The third-order valence-corrected chi connectivity index (χ3v) is 0.896. The summed E-state index contributed by atoms with van der Waals surface area (Å²) >= 11 is 0. The third kappa shape index (κ3) is 1.85. The van der Waals surface area contributed by atoms with E-state index in [1.54, 1.807) is 0 Å². The van der Waals surface area contributed by atoms with Gasteiger partial charge in [0.25, 0.3) is 0 Å². The Bertz CT molecular complexity index is 187. The molecule has 0 aliphatic rings. The minimum Gasteiger partial charge on any atom is -0.479 e. The highest BCUT2D eigenvalue weighted by Gasteiger charge is 2.48. The minimum atomic E-state index is -4.15. The predicted molar refractivity (Wildman–Crippen MR) is 27.3 cm³/mol. The van der Waals surface area contributed by atoms with Gasteiger partial charge in [-0.3, -0.25) is 0 Å². The van der Waals surface area contributed by atoms with Gasteiger partial charge in [0.2, 0.25) is 6.10 Å². The van der Waals surface area contributed by atoms with Gasteiger partial charge < -0.3 is 20.4 Å². The molecule has 2 unspecified atom stereocenters. The number of carboxylic acids is 2. The molecule has 0 aromatic carbocycles. The fraction of sp³-hybridized carbons (Fsp3) is 0.500. The first-order valence-corrected chi connectivity index (χ1v) is 2.35. The summed E-state index contributed by atoms with van der Waals surface area (Å²) in [5.41, 5.74) is 0. The molecule has 0 saturated carbocycles. The van der Waals surface area contributed by atoms with E-state index in [-0.39, 0.29) is 0 Å². The number of aliphatic hydroxyl groups is 2. The van der Waals surface area contributed by atoms with Crippen molar-refractivity contribution < 1.29 is 34.4 Å². The lowest BCUT2D eigenvalue weighted by atomic mass is 10.2. The van der Waals surface area contributed by atoms with Gasteiger partial charge in [0.1, 0.15) is 0 Å². The fourth-order valence-corrected chi connectivity index (χ4v) is 0.281. The Morgan fingerprint density at radius 2 is 1.73 bits per heavy atom. The van der Waals surface area contributed by atoms with Crippen LogP contribution < -0.4 is 0 Å². The molecule has 0 saturated heterocycles. The lowest BCUT2D eigenvalue weighted by Gasteiger charge is -2.15. The van der Waals surface area contributed by atoms with E-state index in [4.69, 9.17) is 20.4 Å². The monoisotopic (exact) mass is 168 g/mol. The molecule has 0 rings (SSSR count). The first-order valence-electron chi connectivity index (χ1n) is 2.35. The van der Waals surface area contributed by atoms with Crippen LogP contribution in [0, 0.1) is 0 Å². The highest BCUT2D eigenvalue weighted by atomic mass is 19.2. The van der Waals surface area contributed by atoms with Crippen LogP contribution in [-0.2, 0) is 9.59 Å². The molecular weight excluding hydrogens is 163 g/mol. The number of hydrogen-bond acceptors (Lipinski definition) is 4. The summed E-state index contributed by atoms with van der Waals surface area (Å²) in [5, 5.41) is 32.0. The number of aliphatic carboxylic acids is 2. The van der Waals surface area contributed by atoms with E-state index < -0.39 is 23.9 Å². The van der Waals surface area contributed by atoms with E-state index >= 15 is 0 Å². The molecule has 0 aromatic heterocycles. The number of carboxylic acid groups (broad SMARTS) is 2. The van der Waals surface area contributed by atoms with Crippen molar-refractivity contribution in [3.63, 3.8) is 0 Å². The first kappa shape index (κ1) is 9.79. The second-order valence-corrected chi connectivity index (χ2v) is 1.72. The van der Waals surface area contributed by atoms with Crippen molar-refractivity contribution >= 4 is 11.9 Å². The maximum Gasteiger partial charge on any atom is 0.372 e. The predicted octanol–water partition coefficient (Wildman–Crippen LogP) is -1.83. The standard InChI is InChI=1S/C4H5FO6/c5-4(11,3(9)10)1(6)2(7)8/h1,6,11H,(H,7,8)(H,9,10). The zero-order valence-electron chi connectivity index (χ0n) is 5.06. The molecule has 7 heteroatoms. The fourth-order valence-electron chi connectivity index (χ4n) is 0.281. The van der Waals surface area contributed by atoms with Gasteiger partial charge in [0.15, 0.2) is 0 Å². The Hall–Kier alpha value is -1.21. The van der Waals surface area contributed by atoms with Gasteiger partial charge in [-0.25, -0.2) is 9.59 Å². The summed E-state index contributed by atoms with van der Waals surface area (Å²) in [6, 6.07) is 0. The van der Waals surface area contributed by atoms with Crippen molar-refractivity contribution in [2.45, 2.75) is 12.0 Å². The lowest BCUT2D eigenvalue weighted by Crippen LogP contribution is -2.49. The van der Waals surface area contributed by atoms with Crippen LogP contribution in [0.3, 0.4) is 0 Å². The number of hydrogen-bond donors (Lipinski definition) is 4. The average Bonchev–Trinajstić information content (AvgIpc) is 1.85. The average molecular weight is 168 g/mol. The molecule has 11 heavy (non-hydrogen) atoms. The van der Waals surface area contributed by atoms with Crippen molar-refractivity contribution in [2.75, 3.05) is 0 Å². The molecule has 0 fully saturated rings. The number of aliphatic hydroxyl groups excluding tert-OH is 1. The van der Waals surface area contributed by atoms with E-state index in [0.29, 0.717) is 0 Å². The van der Waals surface area contributed by atoms with E-state index in [2.05, 4.69) is 0 Å². The van der Waals surface area contributed by atoms with Gasteiger partial charge in [-0.1, -0.05) is 0 Å². The second kappa shape index (κ2) is 2.81. The maximum absolute atomic E-state index is 12.2. The summed E-state index contributed by atoms with van der Waals surface area (Å²) in [7, 11) is 0. The number of alkyl halides is 1. The molecule has 4 N–H and O–H groups in total. The van der Waals surface area contributed by atoms with Crippen LogP contribution in [0.4, 0.5) is 4.39 Å². The summed E-state index contributed by atoms with van der Waals surface area (Å²) < 4.78 is 12.2.